The second kappa shape index (κ2) is 6.30. The maximum atomic E-state index is 11.3. The molecule has 0 bridgehead atoms. The summed E-state index contributed by atoms with van der Waals surface area (Å²) in [5, 5.41) is 9.46. The lowest BCUT2D eigenvalue weighted by Crippen LogP contribution is -1.86. The summed E-state index contributed by atoms with van der Waals surface area (Å²) in [6.07, 6.45) is 4.12. The largest absolute Gasteiger partial charge is 0.507 e. The summed E-state index contributed by atoms with van der Waals surface area (Å²) in [5.41, 5.74) is 0.669. The summed E-state index contributed by atoms with van der Waals surface area (Å²) in [5.74, 6) is 1.03. The van der Waals surface area contributed by atoms with Gasteiger partial charge < -0.3 is 5.11 Å². The first kappa shape index (κ1) is 11.9. The fraction of sp³-hybridized carbons (Fsp3) is 0.250. The fourth-order valence-electron chi connectivity index (χ4n) is 1.04. The SMILES string of the molecule is CCCSC(=O)/C=C/c1ccccc1O. The molecule has 0 unspecified atom stereocenters. The Morgan fingerprint density at radius 1 is 1.47 bits per heavy atom. The molecule has 1 rings (SSSR count). The highest BCUT2D eigenvalue weighted by molar-refractivity contribution is 8.14. The number of carbonyl (C=O) groups is 1. The predicted molar refractivity (Wildman–Crippen MR) is 64.9 cm³/mol. The molecule has 1 aromatic rings. The van der Waals surface area contributed by atoms with Crippen molar-refractivity contribution in [1.29, 1.82) is 0 Å². The molecule has 0 spiro atoms. The first-order chi connectivity index (χ1) is 7.24. The van der Waals surface area contributed by atoms with E-state index in [1.54, 1.807) is 24.3 Å². The molecule has 0 aliphatic heterocycles. The average Bonchev–Trinajstić information content (AvgIpc) is 2.25. The summed E-state index contributed by atoms with van der Waals surface area (Å²) in [6, 6.07) is 6.94. The minimum Gasteiger partial charge on any atom is -0.507 e. The van der Waals surface area contributed by atoms with E-state index in [-0.39, 0.29) is 10.9 Å². The molecule has 2 nitrogen and oxygen atoms in total. The van der Waals surface area contributed by atoms with Crippen LogP contribution in [0.4, 0.5) is 0 Å². The molecule has 0 aliphatic carbocycles. The van der Waals surface area contributed by atoms with Crippen molar-refractivity contribution < 1.29 is 9.90 Å². The van der Waals surface area contributed by atoms with E-state index in [4.69, 9.17) is 0 Å². The third-order valence-corrected chi connectivity index (χ3v) is 2.82. The smallest absolute Gasteiger partial charge is 0.212 e. The van der Waals surface area contributed by atoms with Gasteiger partial charge in [-0.2, -0.15) is 0 Å². The van der Waals surface area contributed by atoms with Crippen LogP contribution in [0.25, 0.3) is 6.08 Å². The van der Waals surface area contributed by atoms with E-state index in [0.717, 1.165) is 12.2 Å². The zero-order valence-corrected chi connectivity index (χ0v) is 9.46. The molecular formula is C12H14O2S. The Balaban J connectivity index is 2.58. The molecule has 0 radical (unpaired) electrons. The van der Waals surface area contributed by atoms with E-state index in [9.17, 15) is 9.90 Å². The minimum absolute atomic E-state index is 0.0279. The molecule has 3 heteroatoms. The lowest BCUT2D eigenvalue weighted by molar-refractivity contribution is -0.106. The van der Waals surface area contributed by atoms with Crippen molar-refractivity contribution in [2.24, 2.45) is 0 Å². The predicted octanol–water partition coefficient (Wildman–Crippen LogP) is 3.08. The average molecular weight is 222 g/mol. The standard InChI is InChI=1S/C12H14O2S/c1-2-9-15-12(14)8-7-10-5-3-4-6-11(10)13/h3-8,13H,2,9H2,1H3/b8-7+. The lowest BCUT2D eigenvalue weighted by atomic mass is 10.2. The maximum absolute atomic E-state index is 11.3. The van der Waals surface area contributed by atoms with Crippen molar-refractivity contribution in [3.8, 4) is 5.75 Å². The Hall–Kier alpha value is -1.22. The molecule has 1 N–H and O–H groups in total. The second-order valence-electron chi connectivity index (χ2n) is 3.06. The Morgan fingerprint density at radius 2 is 2.20 bits per heavy atom. The van der Waals surface area contributed by atoms with E-state index in [1.165, 1.54) is 17.8 Å². The van der Waals surface area contributed by atoms with Gasteiger partial charge in [-0.1, -0.05) is 36.9 Å². The maximum Gasteiger partial charge on any atom is 0.212 e. The Morgan fingerprint density at radius 3 is 2.87 bits per heavy atom. The first-order valence-electron chi connectivity index (χ1n) is 4.87. The number of thioether (sulfide) groups is 1. The van der Waals surface area contributed by atoms with Gasteiger partial charge in [0, 0.05) is 11.3 Å². The third kappa shape index (κ3) is 4.21. The molecule has 0 saturated heterocycles. The molecule has 80 valence electrons. The van der Waals surface area contributed by atoms with Crippen molar-refractivity contribution >= 4 is 23.0 Å². The van der Waals surface area contributed by atoms with Crippen molar-refractivity contribution in [3.63, 3.8) is 0 Å². The Labute approximate surface area is 94.0 Å². The van der Waals surface area contributed by atoms with Gasteiger partial charge in [0.2, 0.25) is 5.12 Å². The quantitative estimate of drug-likeness (QED) is 0.795. The van der Waals surface area contributed by atoms with Gasteiger partial charge in [0.25, 0.3) is 0 Å². The molecule has 0 aromatic heterocycles. The summed E-state index contributed by atoms with van der Waals surface area (Å²) < 4.78 is 0. The van der Waals surface area contributed by atoms with Gasteiger partial charge in [-0.3, -0.25) is 4.79 Å². The van der Waals surface area contributed by atoms with Crippen LogP contribution in [-0.2, 0) is 4.79 Å². The van der Waals surface area contributed by atoms with Crippen LogP contribution in [0.5, 0.6) is 5.75 Å². The monoisotopic (exact) mass is 222 g/mol. The number of carbonyl (C=O) groups excluding carboxylic acids is 1. The van der Waals surface area contributed by atoms with Crippen LogP contribution in [-0.4, -0.2) is 16.0 Å². The van der Waals surface area contributed by atoms with Crippen molar-refractivity contribution in [2.45, 2.75) is 13.3 Å². The van der Waals surface area contributed by atoms with Gasteiger partial charge in [-0.15, -0.1) is 0 Å². The van der Waals surface area contributed by atoms with Crippen LogP contribution in [0.2, 0.25) is 0 Å². The molecular weight excluding hydrogens is 208 g/mol. The second-order valence-corrected chi connectivity index (χ2v) is 4.16. The fourth-order valence-corrected chi connectivity index (χ4v) is 1.61. The van der Waals surface area contributed by atoms with E-state index in [0.29, 0.717) is 5.56 Å². The van der Waals surface area contributed by atoms with Gasteiger partial charge in [0.15, 0.2) is 0 Å². The van der Waals surface area contributed by atoms with Crippen LogP contribution in [0.1, 0.15) is 18.9 Å². The highest BCUT2D eigenvalue weighted by Crippen LogP contribution is 2.17. The Kier molecular flexibility index (Phi) is 4.98. The zero-order valence-electron chi connectivity index (χ0n) is 8.64. The number of hydrogen-bond acceptors (Lipinski definition) is 3. The van der Waals surface area contributed by atoms with Crippen LogP contribution < -0.4 is 0 Å². The molecule has 1 aromatic carbocycles. The molecule has 0 saturated carbocycles. The number of phenolic OH excluding ortho intramolecular Hbond substituents is 1. The number of para-hydroxylation sites is 1. The zero-order chi connectivity index (χ0) is 11.1. The van der Waals surface area contributed by atoms with Crippen molar-refractivity contribution in [3.05, 3.63) is 35.9 Å². The molecule has 0 fully saturated rings. The Bertz CT molecular complexity index is 358. The van der Waals surface area contributed by atoms with Crippen molar-refractivity contribution in [2.75, 3.05) is 5.75 Å². The minimum atomic E-state index is 0.0279. The number of hydrogen-bond donors (Lipinski definition) is 1. The van der Waals surface area contributed by atoms with Crippen LogP contribution >= 0.6 is 11.8 Å². The lowest BCUT2D eigenvalue weighted by Gasteiger charge is -1.96. The van der Waals surface area contributed by atoms with Gasteiger partial charge in [-0.05, 0) is 24.6 Å². The van der Waals surface area contributed by atoms with Gasteiger partial charge in [0.1, 0.15) is 5.75 Å². The third-order valence-electron chi connectivity index (χ3n) is 1.78. The highest BCUT2D eigenvalue weighted by atomic mass is 32.2. The number of rotatable bonds is 4. The van der Waals surface area contributed by atoms with Gasteiger partial charge >= 0.3 is 0 Å². The van der Waals surface area contributed by atoms with E-state index >= 15 is 0 Å². The molecule has 0 amide bonds. The summed E-state index contributed by atoms with van der Waals surface area (Å²) in [4.78, 5) is 11.3. The highest BCUT2D eigenvalue weighted by Gasteiger charge is 1.97. The number of benzene rings is 1. The molecule has 15 heavy (non-hydrogen) atoms. The van der Waals surface area contributed by atoms with E-state index in [1.807, 2.05) is 13.0 Å². The summed E-state index contributed by atoms with van der Waals surface area (Å²) in [7, 11) is 0. The summed E-state index contributed by atoms with van der Waals surface area (Å²) in [6.45, 7) is 2.03. The first-order valence-corrected chi connectivity index (χ1v) is 5.85. The van der Waals surface area contributed by atoms with E-state index < -0.39 is 0 Å². The van der Waals surface area contributed by atoms with Gasteiger partial charge in [0.05, 0.1) is 0 Å². The van der Waals surface area contributed by atoms with Gasteiger partial charge in [-0.25, -0.2) is 0 Å². The van der Waals surface area contributed by atoms with Crippen LogP contribution in [0.3, 0.4) is 0 Å². The molecule has 0 aliphatic rings. The topological polar surface area (TPSA) is 37.3 Å². The number of phenols is 1. The molecule has 0 atom stereocenters. The van der Waals surface area contributed by atoms with Crippen LogP contribution in [0.15, 0.2) is 30.3 Å². The van der Waals surface area contributed by atoms with Crippen LogP contribution in [0, 0.1) is 0 Å². The summed E-state index contributed by atoms with van der Waals surface area (Å²) >= 11 is 1.29. The van der Waals surface area contributed by atoms with E-state index in [2.05, 4.69) is 0 Å². The molecule has 0 heterocycles. The van der Waals surface area contributed by atoms with Crippen molar-refractivity contribution in [1.82, 2.24) is 0 Å². The normalized spacial score (nSPS) is 10.7. The number of aromatic hydroxyl groups is 1.